The molecule has 0 aromatic heterocycles. The largest absolute Gasteiger partial charge is 0.506 e. The minimum atomic E-state index is -0.612. The maximum atomic E-state index is 11.2. The molecule has 3 rings (SSSR count). The number of hydrogen-bond donors (Lipinski definition) is 3. The van der Waals surface area contributed by atoms with E-state index in [0.717, 1.165) is 39.1 Å². The Labute approximate surface area is 166 Å². The summed E-state index contributed by atoms with van der Waals surface area (Å²) < 4.78 is 0. The number of hydrogen-bond acceptors (Lipinski definition) is 5. The molecule has 1 amide bonds. The fraction of sp³-hybridized carbons (Fsp3) is 0.409. The zero-order chi connectivity index (χ0) is 19.9. The second-order valence-corrected chi connectivity index (χ2v) is 7.28. The molecule has 2 aromatic carbocycles. The Bertz CT molecular complexity index is 774. The van der Waals surface area contributed by atoms with Crippen molar-refractivity contribution in [1.29, 1.82) is 0 Å². The van der Waals surface area contributed by atoms with Gasteiger partial charge in [0.05, 0.1) is 11.8 Å². The second-order valence-electron chi connectivity index (χ2n) is 7.28. The number of nitrogens with one attached hydrogen (secondary N) is 1. The molecule has 6 heteroatoms. The first-order valence-electron chi connectivity index (χ1n) is 9.84. The number of para-hydroxylation sites is 1. The van der Waals surface area contributed by atoms with Crippen LogP contribution < -0.4 is 10.2 Å². The summed E-state index contributed by atoms with van der Waals surface area (Å²) in [7, 11) is 0. The second kappa shape index (κ2) is 9.57. The maximum absolute atomic E-state index is 11.2. The highest BCUT2D eigenvalue weighted by atomic mass is 16.3. The van der Waals surface area contributed by atoms with Crippen molar-refractivity contribution in [3.8, 4) is 5.75 Å². The Morgan fingerprint density at radius 3 is 2.50 bits per heavy atom. The molecule has 1 heterocycles. The molecule has 0 radical (unpaired) electrons. The van der Waals surface area contributed by atoms with Gasteiger partial charge >= 0.3 is 0 Å². The van der Waals surface area contributed by atoms with Gasteiger partial charge < -0.3 is 20.4 Å². The fourth-order valence-corrected chi connectivity index (χ4v) is 3.59. The normalized spacial score (nSPS) is 16.0. The summed E-state index contributed by atoms with van der Waals surface area (Å²) in [4.78, 5) is 16.1. The number of nitrogens with zero attached hydrogens (tertiary/aromatic N) is 2. The summed E-state index contributed by atoms with van der Waals surface area (Å²) in [6.07, 6.45) is 0.921. The summed E-state index contributed by atoms with van der Waals surface area (Å²) in [6.45, 7) is 6.43. The van der Waals surface area contributed by atoms with E-state index < -0.39 is 6.10 Å². The van der Waals surface area contributed by atoms with Crippen molar-refractivity contribution in [2.45, 2.75) is 25.9 Å². The molecule has 1 saturated heterocycles. The van der Waals surface area contributed by atoms with Crippen molar-refractivity contribution < 1.29 is 15.0 Å². The zero-order valence-electron chi connectivity index (χ0n) is 16.3. The van der Waals surface area contributed by atoms with Crippen molar-refractivity contribution in [1.82, 2.24) is 4.90 Å². The van der Waals surface area contributed by atoms with Crippen LogP contribution in [0.3, 0.4) is 0 Å². The van der Waals surface area contributed by atoms with E-state index in [4.69, 9.17) is 0 Å². The van der Waals surface area contributed by atoms with Gasteiger partial charge in [-0.05, 0) is 49.2 Å². The van der Waals surface area contributed by atoms with Crippen molar-refractivity contribution in [3.63, 3.8) is 0 Å². The van der Waals surface area contributed by atoms with E-state index in [-0.39, 0.29) is 11.7 Å². The number of aliphatic hydroxyl groups is 1. The number of amides is 1. The van der Waals surface area contributed by atoms with Gasteiger partial charge in [0.2, 0.25) is 5.91 Å². The molecule has 1 unspecified atom stereocenters. The van der Waals surface area contributed by atoms with E-state index in [0.29, 0.717) is 17.7 Å². The van der Waals surface area contributed by atoms with Crippen LogP contribution >= 0.6 is 0 Å². The summed E-state index contributed by atoms with van der Waals surface area (Å²) in [5.74, 6) is -0.251. The molecule has 0 spiro atoms. The van der Waals surface area contributed by atoms with Gasteiger partial charge in [0, 0.05) is 38.8 Å². The Morgan fingerprint density at radius 2 is 1.82 bits per heavy atom. The van der Waals surface area contributed by atoms with Crippen molar-refractivity contribution in [2.75, 3.05) is 42.9 Å². The number of phenolic OH excluding ortho intramolecular Hbond substituents is 1. The monoisotopic (exact) mass is 383 g/mol. The van der Waals surface area contributed by atoms with Gasteiger partial charge in [-0.15, -0.1) is 0 Å². The summed E-state index contributed by atoms with van der Waals surface area (Å²) in [5, 5.41) is 22.9. The van der Waals surface area contributed by atoms with E-state index in [2.05, 4.69) is 39.4 Å². The zero-order valence-corrected chi connectivity index (χ0v) is 16.3. The number of aromatic hydroxyl groups is 1. The molecule has 1 atom stereocenters. The Morgan fingerprint density at radius 1 is 1.11 bits per heavy atom. The van der Waals surface area contributed by atoms with Crippen LogP contribution in [0.25, 0.3) is 0 Å². The Balaban J connectivity index is 1.43. The average Bonchev–Trinajstić information content (AvgIpc) is 2.70. The number of aliphatic hydroxyl groups excluding tert-OH is 1. The molecule has 0 bridgehead atoms. The molecule has 0 aliphatic carbocycles. The van der Waals surface area contributed by atoms with Gasteiger partial charge in [-0.1, -0.05) is 24.3 Å². The first-order valence-corrected chi connectivity index (χ1v) is 9.84. The smallest absolute Gasteiger partial charge is 0.221 e. The standard InChI is InChI=1S/C22H29N3O3/c1-17(26)23-20-16-18(9-10-22(20)28)21(27)8-5-11-24-12-14-25(15-13-24)19-6-3-2-4-7-19/h2-4,6-7,9-10,16,21,27-28H,5,8,11-15H2,1H3,(H,23,26). The molecule has 2 aromatic rings. The van der Waals surface area contributed by atoms with Gasteiger partial charge in [0.1, 0.15) is 5.75 Å². The lowest BCUT2D eigenvalue weighted by molar-refractivity contribution is -0.114. The molecule has 1 fully saturated rings. The Hall–Kier alpha value is -2.57. The number of benzene rings is 2. The van der Waals surface area contributed by atoms with Crippen LogP contribution in [-0.2, 0) is 4.79 Å². The van der Waals surface area contributed by atoms with Crippen molar-refractivity contribution in [2.24, 2.45) is 0 Å². The van der Waals surface area contributed by atoms with Crippen LogP contribution in [0.4, 0.5) is 11.4 Å². The van der Waals surface area contributed by atoms with Gasteiger partial charge in [-0.25, -0.2) is 0 Å². The molecule has 6 nitrogen and oxygen atoms in total. The lowest BCUT2D eigenvalue weighted by atomic mass is 10.0. The third-order valence-electron chi connectivity index (χ3n) is 5.16. The van der Waals surface area contributed by atoms with Crippen LogP contribution in [-0.4, -0.2) is 53.7 Å². The first kappa shape index (κ1) is 20.2. The van der Waals surface area contributed by atoms with Crippen LogP contribution in [0.5, 0.6) is 5.75 Å². The summed E-state index contributed by atoms with van der Waals surface area (Å²) in [6, 6.07) is 15.3. The highest BCUT2D eigenvalue weighted by Crippen LogP contribution is 2.29. The number of phenols is 1. The minimum Gasteiger partial charge on any atom is -0.506 e. The predicted octanol–water partition coefficient (Wildman–Crippen LogP) is 2.99. The highest BCUT2D eigenvalue weighted by molar-refractivity contribution is 5.90. The van der Waals surface area contributed by atoms with Gasteiger partial charge in [0.15, 0.2) is 0 Å². The number of rotatable bonds is 7. The topological polar surface area (TPSA) is 76.0 Å². The fourth-order valence-electron chi connectivity index (χ4n) is 3.59. The van der Waals surface area contributed by atoms with Crippen LogP contribution in [0.2, 0.25) is 0 Å². The number of carbonyl (C=O) groups is 1. The average molecular weight is 383 g/mol. The highest BCUT2D eigenvalue weighted by Gasteiger charge is 2.17. The van der Waals surface area contributed by atoms with E-state index in [1.54, 1.807) is 12.1 Å². The summed E-state index contributed by atoms with van der Waals surface area (Å²) >= 11 is 0. The van der Waals surface area contributed by atoms with E-state index in [1.807, 2.05) is 6.07 Å². The van der Waals surface area contributed by atoms with Gasteiger partial charge in [-0.3, -0.25) is 9.69 Å². The quantitative estimate of drug-likeness (QED) is 0.641. The lowest BCUT2D eigenvalue weighted by Crippen LogP contribution is -2.46. The number of carbonyl (C=O) groups excluding carboxylic acids is 1. The number of anilines is 2. The molecular weight excluding hydrogens is 354 g/mol. The number of piperazine rings is 1. The predicted molar refractivity (Wildman–Crippen MR) is 112 cm³/mol. The van der Waals surface area contributed by atoms with Gasteiger partial charge in [-0.2, -0.15) is 0 Å². The molecule has 150 valence electrons. The first-order chi connectivity index (χ1) is 13.5. The molecular formula is C22H29N3O3. The van der Waals surface area contributed by atoms with Crippen molar-refractivity contribution in [3.05, 3.63) is 54.1 Å². The Kier molecular flexibility index (Phi) is 6.90. The van der Waals surface area contributed by atoms with Crippen molar-refractivity contribution >= 4 is 17.3 Å². The van der Waals surface area contributed by atoms with Crippen LogP contribution in [0.1, 0.15) is 31.4 Å². The molecule has 0 saturated carbocycles. The molecule has 28 heavy (non-hydrogen) atoms. The molecule has 1 aliphatic rings. The van der Waals surface area contributed by atoms with E-state index >= 15 is 0 Å². The third-order valence-corrected chi connectivity index (χ3v) is 5.16. The summed E-state index contributed by atoms with van der Waals surface area (Å²) in [5.41, 5.74) is 2.32. The van der Waals surface area contributed by atoms with E-state index in [9.17, 15) is 15.0 Å². The maximum Gasteiger partial charge on any atom is 0.221 e. The van der Waals surface area contributed by atoms with E-state index in [1.165, 1.54) is 18.7 Å². The van der Waals surface area contributed by atoms with Crippen LogP contribution in [0.15, 0.2) is 48.5 Å². The SMILES string of the molecule is CC(=O)Nc1cc(C(O)CCCN2CCN(c3ccccc3)CC2)ccc1O. The third kappa shape index (κ3) is 5.47. The molecule has 3 N–H and O–H groups in total. The minimum absolute atomic E-state index is 0.00226. The van der Waals surface area contributed by atoms with Crippen LogP contribution in [0, 0.1) is 0 Å². The molecule has 1 aliphatic heterocycles. The van der Waals surface area contributed by atoms with Gasteiger partial charge in [0.25, 0.3) is 0 Å². The lowest BCUT2D eigenvalue weighted by Gasteiger charge is -2.36.